The van der Waals surface area contributed by atoms with Crippen molar-refractivity contribution in [3.63, 3.8) is 0 Å². The Morgan fingerprint density at radius 1 is 1.53 bits per heavy atom. The number of anilines is 1. The summed E-state index contributed by atoms with van der Waals surface area (Å²) >= 11 is 8.58. The number of rotatable bonds is 5. The predicted molar refractivity (Wildman–Crippen MR) is 82.8 cm³/mol. The molecule has 1 unspecified atom stereocenters. The van der Waals surface area contributed by atoms with Gasteiger partial charge in [0.1, 0.15) is 4.99 Å². The molecular formula is C13H19BrN2S. The maximum atomic E-state index is 5.76. The first-order valence-electron chi connectivity index (χ1n) is 5.76. The highest BCUT2D eigenvalue weighted by molar-refractivity contribution is 9.10. The number of hydrogen-bond donors (Lipinski definition) is 1. The highest BCUT2D eigenvalue weighted by Crippen LogP contribution is 2.25. The molecule has 1 aromatic rings. The van der Waals surface area contributed by atoms with Crippen LogP contribution in [0.1, 0.15) is 25.8 Å². The van der Waals surface area contributed by atoms with Crippen LogP contribution >= 0.6 is 28.1 Å². The second-order valence-electron chi connectivity index (χ2n) is 4.42. The van der Waals surface area contributed by atoms with Gasteiger partial charge in [-0.15, -0.1) is 0 Å². The van der Waals surface area contributed by atoms with Crippen LogP contribution in [0.3, 0.4) is 0 Å². The van der Waals surface area contributed by atoms with E-state index >= 15 is 0 Å². The Hall–Kier alpha value is -0.610. The summed E-state index contributed by atoms with van der Waals surface area (Å²) in [6.07, 6.45) is 1.17. The minimum atomic E-state index is 0.448. The normalized spacial score (nSPS) is 12.2. The SMILES string of the molecule is CCC(C)CN(C)c1cc(Br)ccc1C(N)=S. The van der Waals surface area contributed by atoms with Crippen LogP contribution in [0, 0.1) is 5.92 Å². The van der Waals surface area contributed by atoms with Gasteiger partial charge in [0.2, 0.25) is 0 Å². The molecule has 1 atom stereocenters. The maximum absolute atomic E-state index is 5.76. The van der Waals surface area contributed by atoms with Gasteiger partial charge in [-0.05, 0) is 24.1 Å². The van der Waals surface area contributed by atoms with Crippen molar-refractivity contribution < 1.29 is 0 Å². The third kappa shape index (κ3) is 3.96. The van der Waals surface area contributed by atoms with E-state index in [1.165, 1.54) is 6.42 Å². The fourth-order valence-electron chi connectivity index (χ4n) is 1.72. The van der Waals surface area contributed by atoms with Gasteiger partial charge in [0.15, 0.2) is 0 Å². The van der Waals surface area contributed by atoms with Crippen LogP contribution in [0.4, 0.5) is 5.69 Å². The van der Waals surface area contributed by atoms with Gasteiger partial charge in [-0.25, -0.2) is 0 Å². The lowest BCUT2D eigenvalue weighted by atomic mass is 10.1. The van der Waals surface area contributed by atoms with Crippen LogP contribution in [-0.4, -0.2) is 18.6 Å². The summed E-state index contributed by atoms with van der Waals surface area (Å²) in [5.41, 5.74) is 7.78. The van der Waals surface area contributed by atoms with Gasteiger partial charge in [0.25, 0.3) is 0 Å². The van der Waals surface area contributed by atoms with Crippen molar-refractivity contribution in [1.82, 2.24) is 0 Å². The minimum absolute atomic E-state index is 0.448. The summed E-state index contributed by atoms with van der Waals surface area (Å²) in [5, 5.41) is 0. The standard InChI is InChI=1S/C13H19BrN2S/c1-4-9(2)8-16(3)12-7-10(14)5-6-11(12)13(15)17/h5-7,9H,4,8H2,1-3H3,(H2,15,17). The molecule has 0 bridgehead atoms. The molecule has 0 aromatic heterocycles. The van der Waals surface area contributed by atoms with Crippen LogP contribution in [0.25, 0.3) is 0 Å². The summed E-state index contributed by atoms with van der Waals surface area (Å²) < 4.78 is 1.04. The molecule has 0 aliphatic rings. The molecule has 0 saturated carbocycles. The van der Waals surface area contributed by atoms with Crippen molar-refractivity contribution in [2.75, 3.05) is 18.5 Å². The zero-order valence-corrected chi connectivity index (χ0v) is 12.9. The zero-order valence-electron chi connectivity index (χ0n) is 10.5. The van der Waals surface area contributed by atoms with Crippen molar-refractivity contribution >= 4 is 38.8 Å². The van der Waals surface area contributed by atoms with Gasteiger partial charge in [0.05, 0.1) is 0 Å². The van der Waals surface area contributed by atoms with Gasteiger partial charge >= 0.3 is 0 Å². The number of nitrogens with two attached hydrogens (primary N) is 1. The molecule has 4 heteroatoms. The Morgan fingerprint density at radius 3 is 2.71 bits per heavy atom. The van der Waals surface area contributed by atoms with Gasteiger partial charge in [-0.1, -0.05) is 48.4 Å². The van der Waals surface area contributed by atoms with Crippen LogP contribution in [0.15, 0.2) is 22.7 Å². The van der Waals surface area contributed by atoms with E-state index in [2.05, 4.69) is 47.8 Å². The largest absolute Gasteiger partial charge is 0.389 e. The van der Waals surface area contributed by atoms with Crippen LogP contribution in [0.2, 0.25) is 0 Å². The summed E-state index contributed by atoms with van der Waals surface area (Å²) in [4.78, 5) is 2.66. The Kier molecular flexibility index (Phi) is 5.40. The average Bonchev–Trinajstić information content (AvgIpc) is 2.28. The molecular weight excluding hydrogens is 296 g/mol. The topological polar surface area (TPSA) is 29.3 Å². The third-order valence-corrected chi connectivity index (χ3v) is 3.63. The van der Waals surface area contributed by atoms with Crippen LogP contribution in [-0.2, 0) is 0 Å². The molecule has 0 aliphatic heterocycles. The molecule has 17 heavy (non-hydrogen) atoms. The van der Waals surface area contributed by atoms with E-state index in [9.17, 15) is 0 Å². The van der Waals surface area contributed by atoms with Gasteiger partial charge in [-0.3, -0.25) is 0 Å². The molecule has 94 valence electrons. The zero-order chi connectivity index (χ0) is 13.0. The molecule has 0 heterocycles. The Labute approximate surface area is 117 Å². The minimum Gasteiger partial charge on any atom is -0.389 e. The Bertz CT molecular complexity index is 406. The van der Waals surface area contributed by atoms with Gasteiger partial charge < -0.3 is 10.6 Å². The van der Waals surface area contributed by atoms with Gasteiger partial charge in [-0.2, -0.15) is 0 Å². The molecule has 0 saturated heterocycles. The molecule has 0 spiro atoms. The van der Waals surface area contributed by atoms with Crippen molar-refractivity contribution in [1.29, 1.82) is 0 Å². The van der Waals surface area contributed by atoms with E-state index < -0.39 is 0 Å². The smallest absolute Gasteiger partial charge is 0.106 e. The molecule has 2 N–H and O–H groups in total. The molecule has 1 rings (SSSR count). The Morgan fingerprint density at radius 2 is 2.18 bits per heavy atom. The summed E-state index contributed by atoms with van der Waals surface area (Å²) in [5.74, 6) is 0.651. The molecule has 0 aliphatic carbocycles. The van der Waals surface area contributed by atoms with Gasteiger partial charge in [0, 0.05) is 29.3 Å². The number of thiocarbonyl (C=S) groups is 1. The monoisotopic (exact) mass is 314 g/mol. The van der Waals surface area contributed by atoms with E-state index in [1.54, 1.807) is 0 Å². The van der Waals surface area contributed by atoms with Crippen LogP contribution in [0.5, 0.6) is 0 Å². The van der Waals surface area contributed by atoms with Crippen LogP contribution < -0.4 is 10.6 Å². The number of nitrogens with zero attached hydrogens (tertiary/aromatic N) is 1. The molecule has 1 aromatic carbocycles. The first-order chi connectivity index (χ1) is 7.95. The lowest BCUT2D eigenvalue weighted by Crippen LogP contribution is -2.26. The second-order valence-corrected chi connectivity index (χ2v) is 5.78. The lowest BCUT2D eigenvalue weighted by Gasteiger charge is -2.25. The average molecular weight is 315 g/mol. The molecule has 0 amide bonds. The van der Waals surface area contributed by atoms with E-state index in [-0.39, 0.29) is 0 Å². The van der Waals surface area contributed by atoms with Crippen molar-refractivity contribution in [3.05, 3.63) is 28.2 Å². The van der Waals surface area contributed by atoms with E-state index in [4.69, 9.17) is 18.0 Å². The van der Waals surface area contributed by atoms with E-state index in [0.717, 1.165) is 22.3 Å². The quantitative estimate of drug-likeness (QED) is 0.842. The highest BCUT2D eigenvalue weighted by atomic mass is 79.9. The molecule has 2 nitrogen and oxygen atoms in total. The number of benzene rings is 1. The lowest BCUT2D eigenvalue weighted by molar-refractivity contribution is 0.560. The fourth-order valence-corrected chi connectivity index (χ4v) is 2.25. The first-order valence-corrected chi connectivity index (χ1v) is 6.96. The number of hydrogen-bond acceptors (Lipinski definition) is 2. The van der Waals surface area contributed by atoms with Crippen molar-refractivity contribution in [2.45, 2.75) is 20.3 Å². The van der Waals surface area contributed by atoms with E-state index in [1.807, 2.05) is 12.1 Å². The van der Waals surface area contributed by atoms with Crippen molar-refractivity contribution in [3.8, 4) is 0 Å². The maximum Gasteiger partial charge on any atom is 0.106 e. The highest BCUT2D eigenvalue weighted by Gasteiger charge is 2.12. The Balaban J connectivity index is 3.02. The number of halogens is 1. The van der Waals surface area contributed by atoms with Crippen molar-refractivity contribution in [2.24, 2.45) is 11.7 Å². The third-order valence-electron chi connectivity index (χ3n) is 2.92. The second kappa shape index (κ2) is 6.36. The molecule has 0 fully saturated rings. The fraction of sp³-hybridized carbons (Fsp3) is 0.462. The first kappa shape index (κ1) is 14.5. The predicted octanol–water partition coefficient (Wildman–Crippen LogP) is 3.57. The summed E-state index contributed by atoms with van der Waals surface area (Å²) in [6.45, 7) is 5.45. The van der Waals surface area contributed by atoms with E-state index in [0.29, 0.717) is 10.9 Å². The molecule has 0 radical (unpaired) electrons. The summed E-state index contributed by atoms with van der Waals surface area (Å²) in [6, 6.07) is 6.00. The summed E-state index contributed by atoms with van der Waals surface area (Å²) in [7, 11) is 2.08.